The van der Waals surface area contributed by atoms with E-state index in [1.54, 1.807) is 19.2 Å². The van der Waals surface area contributed by atoms with E-state index in [1.165, 1.54) is 12.1 Å². The number of hydrogen-bond donors (Lipinski definition) is 2. The quantitative estimate of drug-likeness (QED) is 0.779. The number of likely N-dealkylation sites (N-methyl/N-ethyl adjacent to an activating group) is 1. The van der Waals surface area contributed by atoms with Crippen molar-refractivity contribution in [3.8, 4) is 0 Å². The van der Waals surface area contributed by atoms with Gasteiger partial charge in [-0.1, -0.05) is 24.3 Å². The van der Waals surface area contributed by atoms with Gasteiger partial charge >= 0.3 is 0 Å². The molecule has 0 saturated carbocycles. The summed E-state index contributed by atoms with van der Waals surface area (Å²) in [5, 5.41) is 11.8. The fourth-order valence-corrected chi connectivity index (χ4v) is 1.24. The molecule has 78 valence electrons. The fraction of sp³-hybridized carbons (Fsp3) is 0.400. The van der Waals surface area contributed by atoms with Crippen LogP contribution in [0.15, 0.2) is 24.3 Å². The van der Waals surface area contributed by atoms with Gasteiger partial charge in [-0.05, 0) is 12.6 Å². The molecule has 0 unspecified atom stereocenters. The molecule has 0 aliphatic heterocycles. The highest BCUT2D eigenvalue weighted by molar-refractivity contribution is 5.25. The Hall–Kier alpha value is -1.00. The van der Waals surface area contributed by atoms with Crippen LogP contribution in [0.2, 0.25) is 0 Å². The average molecular weight is 201 g/mol. The van der Waals surface area contributed by atoms with E-state index < -0.39 is 6.43 Å². The molecule has 0 aliphatic rings. The van der Waals surface area contributed by atoms with E-state index in [0.29, 0.717) is 0 Å². The predicted octanol–water partition coefficient (Wildman–Crippen LogP) is 1.88. The van der Waals surface area contributed by atoms with Crippen molar-refractivity contribution >= 4 is 0 Å². The second-order valence-corrected chi connectivity index (χ2v) is 2.99. The zero-order valence-corrected chi connectivity index (χ0v) is 7.87. The fourth-order valence-electron chi connectivity index (χ4n) is 1.24. The summed E-state index contributed by atoms with van der Waals surface area (Å²) in [6.45, 7) is -0.0511. The first-order valence-electron chi connectivity index (χ1n) is 4.35. The van der Waals surface area contributed by atoms with Crippen LogP contribution in [0.4, 0.5) is 8.78 Å². The zero-order valence-electron chi connectivity index (χ0n) is 7.87. The van der Waals surface area contributed by atoms with Crippen LogP contribution in [0.3, 0.4) is 0 Å². The van der Waals surface area contributed by atoms with Crippen molar-refractivity contribution in [1.29, 1.82) is 0 Å². The summed E-state index contributed by atoms with van der Waals surface area (Å²) in [5.41, 5.74) is 0.806. The number of nitrogens with one attached hydrogen (secondary N) is 1. The summed E-state index contributed by atoms with van der Waals surface area (Å²) >= 11 is 0. The average Bonchev–Trinajstić information content (AvgIpc) is 2.20. The third-order valence-corrected chi connectivity index (χ3v) is 2.12. The number of alkyl halides is 2. The highest BCUT2D eigenvalue weighted by atomic mass is 19.3. The van der Waals surface area contributed by atoms with Crippen LogP contribution >= 0.6 is 0 Å². The monoisotopic (exact) mass is 201 g/mol. The Kier molecular flexibility index (Phi) is 3.98. The van der Waals surface area contributed by atoms with Crippen LogP contribution in [0.25, 0.3) is 0 Å². The molecule has 14 heavy (non-hydrogen) atoms. The second-order valence-electron chi connectivity index (χ2n) is 2.99. The van der Waals surface area contributed by atoms with Crippen LogP contribution in [-0.2, 0) is 0 Å². The molecule has 0 aliphatic carbocycles. The maximum atomic E-state index is 12.2. The number of rotatable bonds is 4. The van der Waals surface area contributed by atoms with E-state index in [0.717, 1.165) is 5.56 Å². The van der Waals surface area contributed by atoms with Gasteiger partial charge in [0.05, 0.1) is 12.6 Å². The standard InChI is InChI=1S/C10H13F2NO/c1-13-9(6-14)7-2-4-8(5-3-7)10(11)12/h2-5,9-10,13-14H,6H2,1H3/t9-/m0/s1. The van der Waals surface area contributed by atoms with E-state index >= 15 is 0 Å². The van der Waals surface area contributed by atoms with Gasteiger partial charge in [-0.15, -0.1) is 0 Å². The van der Waals surface area contributed by atoms with Gasteiger partial charge in [-0.2, -0.15) is 0 Å². The van der Waals surface area contributed by atoms with Gasteiger partial charge in [0.2, 0.25) is 0 Å². The van der Waals surface area contributed by atoms with E-state index in [9.17, 15) is 8.78 Å². The zero-order chi connectivity index (χ0) is 10.6. The number of aliphatic hydroxyl groups is 1. The third kappa shape index (κ3) is 2.49. The minimum Gasteiger partial charge on any atom is -0.394 e. The summed E-state index contributed by atoms with van der Waals surface area (Å²) in [6, 6.07) is 5.75. The Bertz CT molecular complexity index is 270. The smallest absolute Gasteiger partial charge is 0.263 e. The lowest BCUT2D eigenvalue weighted by molar-refractivity contribution is 0.151. The molecule has 1 rings (SSSR count). The van der Waals surface area contributed by atoms with Crippen LogP contribution in [0, 0.1) is 0 Å². The lowest BCUT2D eigenvalue weighted by Gasteiger charge is -2.13. The predicted molar refractivity (Wildman–Crippen MR) is 50.3 cm³/mol. The Morgan fingerprint density at radius 1 is 1.21 bits per heavy atom. The van der Waals surface area contributed by atoms with Crippen molar-refractivity contribution < 1.29 is 13.9 Å². The number of hydrogen-bond acceptors (Lipinski definition) is 2. The second kappa shape index (κ2) is 5.02. The lowest BCUT2D eigenvalue weighted by atomic mass is 10.1. The first kappa shape index (κ1) is 11.1. The molecule has 2 nitrogen and oxygen atoms in total. The molecule has 0 aromatic heterocycles. The molecule has 0 radical (unpaired) electrons. The van der Waals surface area contributed by atoms with Gasteiger partial charge in [0.1, 0.15) is 0 Å². The van der Waals surface area contributed by atoms with Gasteiger partial charge in [0.15, 0.2) is 0 Å². The molecule has 0 saturated heterocycles. The van der Waals surface area contributed by atoms with E-state index in [-0.39, 0.29) is 18.2 Å². The first-order chi connectivity index (χ1) is 6.69. The summed E-state index contributed by atoms with van der Waals surface area (Å²) in [7, 11) is 1.71. The van der Waals surface area contributed by atoms with Crippen molar-refractivity contribution in [2.45, 2.75) is 12.5 Å². The van der Waals surface area contributed by atoms with Gasteiger partial charge < -0.3 is 10.4 Å². The van der Waals surface area contributed by atoms with Crippen molar-refractivity contribution in [2.75, 3.05) is 13.7 Å². The molecule has 2 N–H and O–H groups in total. The van der Waals surface area contributed by atoms with Gasteiger partial charge in [-0.3, -0.25) is 0 Å². The molecule has 1 aromatic carbocycles. The molecule has 4 heteroatoms. The topological polar surface area (TPSA) is 32.3 Å². The molecule has 1 atom stereocenters. The van der Waals surface area contributed by atoms with Crippen molar-refractivity contribution in [1.82, 2.24) is 5.32 Å². The Balaban J connectivity index is 2.81. The maximum Gasteiger partial charge on any atom is 0.263 e. The summed E-state index contributed by atoms with van der Waals surface area (Å²) in [5.74, 6) is 0. The van der Waals surface area contributed by atoms with Crippen molar-refractivity contribution in [3.05, 3.63) is 35.4 Å². The van der Waals surface area contributed by atoms with E-state index in [1.807, 2.05) is 0 Å². The Morgan fingerprint density at radius 2 is 1.71 bits per heavy atom. The molecule has 0 amide bonds. The first-order valence-corrected chi connectivity index (χ1v) is 4.35. The van der Waals surface area contributed by atoms with Crippen LogP contribution in [0.1, 0.15) is 23.6 Å². The summed E-state index contributed by atoms with van der Waals surface area (Å²) in [4.78, 5) is 0. The molecular weight excluding hydrogens is 188 g/mol. The molecule has 0 heterocycles. The Labute approximate surface area is 81.6 Å². The molecule has 1 aromatic rings. The number of aliphatic hydroxyl groups excluding tert-OH is 1. The van der Waals surface area contributed by atoms with Crippen molar-refractivity contribution in [2.24, 2.45) is 0 Å². The minimum atomic E-state index is -2.44. The van der Waals surface area contributed by atoms with Gasteiger partial charge in [-0.25, -0.2) is 8.78 Å². The normalized spacial score (nSPS) is 13.2. The third-order valence-electron chi connectivity index (χ3n) is 2.12. The van der Waals surface area contributed by atoms with Gasteiger partial charge in [0, 0.05) is 5.56 Å². The maximum absolute atomic E-state index is 12.2. The van der Waals surface area contributed by atoms with Crippen LogP contribution in [0.5, 0.6) is 0 Å². The van der Waals surface area contributed by atoms with E-state index in [2.05, 4.69) is 5.32 Å². The molecule has 0 fully saturated rings. The largest absolute Gasteiger partial charge is 0.394 e. The number of halogens is 2. The molecule has 0 bridgehead atoms. The molecular formula is C10H13F2NO. The summed E-state index contributed by atoms with van der Waals surface area (Å²) in [6.07, 6.45) is -2.44. The highest BCUT2D eigenvalue weighted by Crippen LogP contribution is 2.20. The van der Waals surface area contributed by atoms with Crippen LogP contribution < -0.4 is 5.32 Å². The SMILES string of the molecule is CN[C@@H](CO)c1ccc(C(F)F)cc1. The number of benzene rings is 1. The highest BCUT2D eigenvalue weighted by Gasteiger charge is 2.10. The van der Waals surface area contributed by atoms with Crippen LogP contribution in [-0.4, -0.2) is 18.8 Å². The lowest BCUT2D eigenvalue weighted by Crippen LogP contribution is -2.19. The van der Waals surface area contributed by atoms with Gasteiger partial charge in [0.25, 0.3) is 6.43 Å². The van der Waals surface area contributed by atoms with Crippen molar-refractivity contribution in [3.63, 3.8) is 0 Å². The minimum absolute atomic E-state index is 0.00143. The Morgan fingerprint density at radius 3 is 2.07 bits per heavy atom. The van der Waals surface area contributed by atoms with E-state index in [4.69, 9.17) is 5.11 Å². The molecule has 0 spiro atoms. The summed E-state index contributed by atoms with van der Waals surface area (Å²) < 4.78 is 24.4.